The first-order valence-corrected chi connectivity index (χ1v) is 10.9. The van der Waals surface area contributed by atoms with E-state index in [2.05, 4.69) is 34.2 Å². The summed E-state index contributed by atoms with van der Waals surface area (Å²) in [7, 11) is 1.81. The van der Waals surface area contributed by atoms with Crippen molar-refractivity contribution in [1.29, 1.82) is 0 Å². The number of anilines is 1. The molecule has 0 radical (unpaired) electrons. The van der Waals surface area contributed by atoms with Gasteiger partial charge in [-0.25, -0.2) is 14.6 Å². The van der Waals surface area contributed by atoms with Crippen LogP contribution < -0.4 is 10.1 Å². The molecule has 4 rings (SSSR count). The molecule has 0 atom stereocenters. The van der Waals surface area contributed by atoms with Gasteiger partial charge < -0.3 is 4.74 Å². The topological polar surface area (TPSA) is 81.9 Å². The predicted molar refractivity (Wildman–Crippen MR) is 124 cm³/mol. The number of hydrogen-bond acceptors (Lipinski definition) is 6. The van der Waals surface area contributed by atoms with Gasteiger partial charge in [-0.05, 0) is 31.4 Å². The first-order chi connectivity index (χ1) is 14.8. The summed E-state index contributed by atoms with van der Waals surface area (Å²) < 4.78 is 7.43. The van der Waals surface area contributed by atoms with Crippen molar-refractivity contribution >= 4 is 33.4 Å². The van der Waals surface area contributed by atoms with E-state index in [1.807, 2.05) is 57.3 Å². The van der Waals surface area contributed by atoms with E-state index in [0.717, 1.165) is 38.4 Å². The minimum absolute atomic E-state index is 0.156. The Balaban J connectivity index is 1.51. The fourth-order valence-corrected chi connectivity index (χ4v) is 4.52. The molecular weight excluding hydrogens is 410 g/mol. The summed E-state index contributed by atoms with van der Waals surface area (Å²) in [6.07, 6.45) is 0. The number of benzene rings is 1. The second-order valence-corrected chi connectivity index (χ2v) is 8.83. The molecular formula is C23H25N5O2S. The van der Waals surface area contributed by atoms with Crippen molar-refractivity contribution in [2.75, 3.05) is 11.9 Å². The van der Waals surface area contributed by atoms with Crippen LogP contribution in [0.2, 0.25) is 0 Å². The molecule has 31 heavy (non-hydrogen) atoms. The lowest BCUT2D eigenvalue weighted by Gasteiger charge is -2.05. The zero-order valence-electron chi connectivity index (χ0n) is 18.3. The number of amides is 1. The Labute approximate surface area is 185 Å². The van der Waals surface area contributed by atoms with Crippen LogP contribution in [0, 0.1) is 13.8 Å². The highest BCUT2D eigenvalue weighted by molar-refractivity contribution is 7.16. The SMILES string of the molecule is Cc1cc(C)c2c(OCC(=O)Nc3nc(-c4ccccc4)c(C(C)C)s3)nn(C)c2n1. The fourth-order valence-electron chi connectivity index (χ4n) is 3.52. The number of aryl methyl sites for hydroxylation is 3. The quantitative estimate of drug-likeness (QED) is 0.468. The smallest absolute Gasteiger partial charge is 0.264 e. The molecule has 0 bridgehead atoms. The maximum atomic E-state index is 12.6. The van der Waals surface area contributed by atoms with Gasteiger partial charge >= 0.3 is 0 Å². The van der Waals surface area contributed by atoms with Crippen LogP contribution in [0.3, 0.4) is 0 Å². The van der Waals surface area contributed by atoms with E-state index in [-0.39, 0.29) is 12.5 Å². The van der Waals surface area contributed by atoms with E-state index in [1.54, 1.807) is 4.68 Å². The summed E-state index contributed by atoms with van der Waals surface area (Å²) in [5.74, 6) is 0.429. The van der Waals surface area contributed by atoms with Crippen LogP contribution in [-0.4, -0.2) is 32.3 Å². The van der Waals surface area contributed by atoms with Crippen LogP contribution in [0.25, 0.3) is 22.3 Å². The van der Waals surface area contributed by atoms with Gasteiger partial charge in [0.25, 0.3) is 5.91 Å². The lowest BCUT2D eigenvalue weighted by atomic mass is 10.1. The number of fused-ring (bicyclic) bond motifs is 1. The molecule has 0 aliphatic rings. The van der Waals surface area contributed by atoms with Gasteiger partial charge in [-0.15, -0.1) is 16.4 Å². The van der Waals surface area contributed by atoms with Crippen LogP contribution >= 0.6 is 11.3 Å². The number of rotatable bonds is 6. The Morgan fingerprint density at radius 1 is 1.19 bits per heavy atom. The molecule has 7 nitrogen and oxygen atoms in total. The lowest BCUT2D eigenvalue weighted by Crippen LogP contribution is -2.20. The number of hydrogen-bond donors (Lipinski definition) is 1. The third-order valence-electron chi connectivity index (χ3n) is 4.90. The average molecular weight is 436 g/mol. The zero-order valence-corrected chi connectivity index (χ0v) is 19.1. The number of carbonyl (C=O) groups is 1. The largest absolute Gasteiger partial charge is 0.466 e. The standard InChI is InChI=1S/C23H25N5O2S/c1-13(2)20-19(16-9-7-6-8-10-16)26-23(31-20)25-17(29)12-30-22-18-14(3)11-15(4)24-21(18)28(5)27-22/h6-11,13H,12H2,1-5H3,(H,25,26,29). The molecule has 0 spiro atoms. The molecule has 0 fully saturated rings. The van der Waals surface area contributed by atoms with E-state index in [4.69, 9.17) is 4.74 Å². The summed E-state index contributed by atoms with van der Waals surface area (Å²) in [5, 5.41) is 8.65. The normalized spacial score (nSPS) is 11.3. The van der Waals surface area contributed by atoms with Crippen molar-refractivity contribution in [2.45, 2.75) is 33.6 Å². The van der Waals surface area contributed by atoms with Gasteiger partial charge in [0.2, 0.25) is 5.88 Å². The molecule has 0 unspecified atom stereocenters. The Hall–Kier alpha value is -3.26. The predicted octanol–water partition coefficient (Wildman–Crippen LogP) is 4.85. The van der Waals surface area contributed by atoms with E-state index in [1.165, 1.54) is 11.3 Å². The minimum Gasteiger partial charge on any atom is -0.466 e. The van der Waals surface area contributed by atoms with Crippen molar-refractivity contribution in [1.82, 2.24) is 19.7 Å². The van der Waals surface area contributed by atoms with Crippen LogP contribution in [0.5, 0.6) is 5.88 Å². The van der Waals surface area contributed by atoms with Gasteiger partial charge in [-0.3, -0.25) is 10.1 Å². The third-order valence-corrected chi connectivity index (χ3v) is 6.17. The Bertz CT molecular complexity index is 1240. The third kappa shape index (κ3) is 4.29. The van der Waals surface area contributed by atoms with Crippen molar-refractivity contribution in [3.8, 4) is 17.1 Å². The number of nitrogens with zero attached hydrogens (tertiary/aromatic N) is 4. The number of aromatic nitrogens is 4. The summed E-state index contributed by atoms with van der Waals surface area (Å²) in [5.41, 5.74) is 4.61. The molecule has 1 N–H and O–H groups in total. The van der Waals surface area contributed by atoms with Gasteiger partial charge in [-0.1, -0.05) is 44.2 Å². The Morgan fingerprint density at radius 3 is 2.65 bits per heavy atom. The monoisotopic (exact) mass is 435 g/mol. The molecule has 0 saturated heterocycles. The van der Waals surface area contributed by atoms with Crippen molar-refractivity contribution < 1.29 is 9.53 Å². The van der Waals surface area contributed by atoms with Crippen LogP contribution in [-0.2, 0) is 11.8 Å². The van der Waals surface area contributed by atoms with Crippen LogP contribution in [0.1, 0.15) is 35.9 Å². The van der Waals surface area contributed by atoms with E-state index >= 15 is 0 Å². The van der Waals surface area contributed by atoms with E-state index in [0.29, 0.717) is 16.9 Å². The van der Waals surface area contributed by atoms with Gasteiger partial charge in [0.15, 0.2) is 17.4 Å². The van der Waals surface area contributed by atoms with Crippen LogP contribution in [0.15, 0.2) is 36.4 Å². The van der Waals surface area contributed by atoms with Gasteiger partial charge in [0.05, 0.1) is 11.1 Å². The second-order valence-electron chi connectivity index (χ2n) is 7.80. The molecule has 3 aromatic heterocycles. The van der Waals surface area contributed by atoms with Gasteiger partial charge in [0, 0.05) is 23.2 Å². The van der Waals surface area contributed by atoms with E-state index in [9.17, 15) is 4.79 Å². The van der Waals surface area contributed by atoms with Crippen LogP contribution in [0.4, 0.5) is 5.13 Å². The zero-order chi connectivity index (χ0) is 22.1. The molecule has 0 saturated carbocycles. The number of carbonyl (C=O) groups excluding carboxylic acids is 1. The molecule has 1 amide bonds. The van der Waals surface area contributed by atoms with Crippen molar-refractivity contribution in [3.05, 3.63) is 52.5 Å². The lowest BCUT2D eigenvalue weighted by molar-refractivity contribution is -0.118. The highest BCUT2D eigenvalue weighted by Gasteiger charge is 2.19. The number of thiazole rings is 1. The number of ether oxygens (including phenoxy) is 1. The molecule has 1 aromatic carbocycles. The van der Waals surface area contributed by atoms with Crippen molar-refractivity contribution in [2.24, 2.45) is 7.05 Å². The number of pyridine rings is 1. The highest BCUT2D eigenvalue weighted by atomic mass is 32.1. The molecule has 160 valence electrons. The summed E-state index contributed by atoms with van der Waals surface area (Å²) in [4.78, 5) is 22.9. The molecule has 0 aliphatic carbocycles. The van der Waals surface area contributed by atoms with Crippen molar-refractivity contribution in [3.63, 3.8) is 0 Å². The summed E-state index contributed by atoms with van der Waals surface area (Å²) in [6, 6.07) is 12.0. The number of nitrogens with one attached hydrogen (secondary N) is 1. The Kier molecular flexibility index (Phi) is 5.73. The summed E-state index contributed by atoms with van der Waals surface area (Å²) in [6.45, 7) is 8.02. The average Bonchev–Trinajstić information content (AvgIpc) is 3.29. The van der Waals surface area contributed by atoms with Gasteiger partial charge in [0.1, 0.15) is 0 Å². The maximum absolute atomic E-state index is 12.6. The fraction of sp³-hybridized carbons (Fsp3) is 0.304. The minimum atomic E-state index is -0.278. The summed E-state index contributed by atoms with van der Waals surface area (Å²) >= 11 is 1.49. The second kappa shape index (κ2) is 8.47. The molecule has 3 heterocycles. The molecule has 4 aromatic rings. The first kappa shape index (κ1) is 21.0. The molecule has 0 aliphatic heterocycles. The first-order valence-electron chi connectivity index (χ1n) is 10.1. The van der Waals surface area contributed by atoms with E-state index < -0.39 is 0 Å². The molecule has 8 heteroatoms. The highest BCUT2D eigenvalue weighted by Crippen LogP contribution is 2.36. The van der Waals surface area contributed by atoms with Gasteiger partial charge in [-0.2, -0.15) is 0 Å². The Morgan fingerprint density at radius 2 is 1.94 bits per heavy atom. The maximum Gasteiger partial charge on any atom is 0.264 e.